The highest BCUT2D eigenvalue weighted by atomic mass is 19.2. The van der Waals surface area contributed by atoms with Crippen molar-refractivity contribution in [1.82, 2.24) is 4.90 Å². The summed E-state index contributed by atoms with van der Waals surface area (Å²) in [5.41, 5.74) is -0.423. The molecule has 0 aliphatic carbocycles. The highest BCUT2D eigenvalue weighted by Gasteiger charge is 2.33. The zero-order chi connectivity index (χ0) is 14.0. The van der Waals surface area contributed by atoms with Crippen LogP contribution in [0.1, 0.15) is 29.6 Å². The molecule has 102 valence electrons. The maximum atomic E-state index is 13.6. The molecule has 0 bridgehead atoms. The molecule has 1 aromatic carbocycles. The van der Waals surface area contributed by atoms with Crippen molar-refractivity contribution in [2.75, 3.05) is 6.54 Å². The Morgan fingerprint density at radius 2 is 2.00 bits per heavy atom. The second kappa shape index (κ2) is 5.34. The third-order valence-corrected chi connectivity index (χ3v) is 3.23. The van der Waals surface area contributed by atoms with Gasteiger partial charge in [-0.25, -0.2) is 13.6 Å². The largest absolute Gasteiger partial charge is 0.480 e. The number of piperidine rings is 1. The molecule has 0 saturated carbocycles. The normalized spacial score (nSPS) is 19.3. The molecule has 0 spiro atoms. The standard InChI is InChI=1S/C13H13F2NO3/c14-9-5-3-4-8(11(9)15)12(17)16-7-2-1-6-10(16)13(18)19/h3-5,10H,1-2,6-7H2,(H,18,19)/t10-/m0/s1. The molecule has 1 aliphatic heterocycles. The number of aliphatic carboxylic acids is 1. The molecule has 1 fully saturated rings. The number of nitrogens with zero attached hydrogens (tertiary/aromatic N) is 1. The minimum atomic E-state index is -1.23. The summed E-state index contributed by atoms with van der Waals surface area (Å²) in [4.78, 5) is 24.3. The first-order valence-electron chi connectivity index (χ1n) is 6.00. The number of halogens is 2. The molecule has 6 heteroatoms. The van der Waals surface area contributed by atoms with Gasteiger partial charge in [0, 0.05) is 6.54 Å². The number of hydrogen-bond acceptors (Lipinski definition) is 2. The van der Waals surface area contributed by atoms with Crippen molar-refractivity contribution >= 4 is 11.9 Å². The van der Waals surface area contributed by atoms with Crippen LogP contribution >= 0.6 is 0 Å². The number of rotatable bonds is 2. The number of likely N-dealkylation sites (tertiary alicyclic amines) is 1. The van der Waals surface area contributed by atoms with E-state index in [1.54, 1.807) is 0 Å². The molecule has 1 saturated heterocycles. The number of carbonyl (C=O) groups excluding carboxylic acids is 1. The van der Waals surface area contributed by atoms with Gasteiger partial charge in [-0.3, -0.25) is 4.79 Å². The van der Waals surface area contributed by atoms with Crippen molar-refractivity contribution < 1.29 is 23.5 Å². The van der Waals surface area contributed by atoms with Crippen molar-refractivity contribution in [2.24, 2.45) is 0 Å². The molecule has 0 unspecified atom stereocenters. The van der Waals surface area contributed by atoms with E-state index in [0.717, 1.165) is 17.0 Å². The summed E-state index contributed by atoms with van der Waals surface area (Å²) < 4.78 is 26.7. The number of benzene rings is 1. The van der Waals surface area contributed by atoms with Crippen LogP contribution in [0.4, 0.5) is 8.78 Å². The average Bonchev–Trinajstić information content (AvgIpc) is 2.41. The third kappa shape index (κ3) is 2.57. The Balaban J connectivity index is 2.31. The lowest BCUT2D eigenvalue weighted by Crippen LogP contribution is -2.48. The van der Waals surface area contributed by atoms with Crippen LogP contribution in [0, 0.1) is 11.6 Å². The molecule has 1 atom stereocenters. The second-order valence-corrected chi connectivity index (χ2v) is 4.45. The van der Waals surface area contributed by atoms with Crippen LogP contribution in [0.15, 0.2) is 18.2 Å². The summed E-state index contributed by atoms with van der Waals surface area (Å²) in [6, 6.07) is 2.33. The Kier molecular flexibility index (Phi) is 3.78. The molecule has 1 N–H and O–H groups in total. The summed E-state index contributed by atoms with van der Waals surface area (Å²) in [5, 5.41) is 9.07. The third-order valence-electron chi connectivity index (χ3n) is 3.23. The van der Waals surface area contributed by atoms with Crippen molar-refractivity contribution in [3.8, 4) is 0 Å². The Morgan fingerprint density at radius 1 is 1.26 bits per heavy atom. The van der Waals surface area contributed by atoms with Crippen LogP contribution in [0.25, 0.3) is 0 Å². The summed E-state index contributed by atoms with van der Waals surface area (Å²) in [6.07, 6.45) is 1.69. The summed E-state index contributed by atoms with van der Waals surface area (Å²) in [7, 11) is 0. The van der Waals surface area contributed by atoms with Crippen molar-refractivity contribution in [3.05, 3.63) is 35.4 Å². The maximum absolute atomic E-state index is 13.6. The van der Waals surface area contributed by atoms with Gasteiger partial charge in [-0.05, 0) is 31.4 Å². The Morgan fingerprint density at radius 3 is 2.68 bits per heavy atom. The van der Waals surface area contributed by atoms with E-state index < -0.39 is 35.1 Å². The Hall–Kier alpha value is -1.98. The lowest BCUT2D eigenvalue weighted by atomic mass is 10.0. The quantitative estimate of drug-likeness (QED) is 0.893. The maximum Gasteiger partial charge on any atom is 0.326 e. The second-order valence-electron chi connectivity index (χ2n) is 4.45. The van der Waals surface area contributed by atoms with E-state index in [0.29, 0.717) is 19.3 Å². The van der Waals surface area contributed by atoms with Gasteiger partial charge in [0.1, 0.15) is 6.04 Å². The first-order chi connectivity index (χ1) is 9.02. The zero-order valence-corrected chi connectivity index (χ0v) is 10.1. The number of hydrogen-bond donors (Lipinski definition) is 1. The van der Waals surface area contributed by atoms with E-state index in [2.05, 4.69) is 0 Å². The highest BCUT2D eigenvalue weighted by Crippen LogP contribution is 2.21. The molecule has 1 heterocycles. The lowest BCUT2D eigenvalue weighted by molar-refractivity contribution is -0.143. The van der Waals surface area contributed by atoms with E-state index in [4.69, 9.17) is 5.11 Å². The number of carbonyl (C=O) groups is 2. The van der Waals surface area contributed by atoms with Crippen LogP contribution in [-0.2, 0) is 4.79 Å². The Bertz CT molecular complexity index is 519. The minimum absolute atomic E-state index is 0.242. The van der Waals surface area contributed by atoms with Crippen molar-refractivity contribution in [3.63, 3.8) is 0 Å². The van der Waals surface area contributed by atoms with Gasteiger partial charge < -0.3 is 10.0 Å². The van der Waals surface area contributed by atoms with Crippen LogP contribution in [0.2, 0.25) is 0 Å². The van der Waals surface area contributed by atoms with E-state index in [1.165, 1.54) is 6.07 Å². The molecular formula is C13H13F2NO3. The van der Waals surface area contributed by atoms with Crippen molar-refractivity contribution in [2.45, 2.75) is 25.3 Å². The molecule has 1 aromatic rings. The molecule has 1 aliphatic rings. The predicted octanol–water partition coefficient (Wildman–Crippen LogP) is 2.04. The van der Waals surface area contributed by atoms with E-state index in [9.17, 15) is 18.4 Å². The first kappa shape index (κ1) is 13.5. The fraction of sp³-hybridized carbons (Fsp3) is 0.385. The molecule has 19 heavy (non-hydrogen) atoms. The van der Waals surface area contributed by atoms with Crippen LogP contribution < -0.4 is 0 Å². The van der Waals surface area contributed by atoms with Gasteiger partial charge in [-0.15, -0.1) is 0 Å². The van der Waals surface area contributed by atoms with Gasteiger partial charge in [0.25, 0.3) is 5.91 Å². The smallest absolute Gasteiger partial charge is 0.326 e. The number of carboxylic acid groups (broad SMARTS) is 1. The monoisotopic (exact) mass is 269 g/mol. The van der Waals surface area contributed by atoms with Gasteiger partial charge in [0.2, 0.25) is 0 Å². The number of carboxylic acids is 1. The van der Waals surface area contributed by atoms with E-state index in [-0.39, 0.29) is 6.54 Å². The molecule has 0 radical (unpaired) electrons. The summed E-state index contributed by atoms with van der Waals surface area (Å²) >= 11 is 0. The predicted molar refractivity (Wildman–Crippen MR) is 62.7 cm³/mol. The molecule has 2 rings (SSSR count). The fourth-order valence-electron chi connectivity index (χ4n) is 2.26. The zero-order valence-electron chi connectivity index (χ0n) is 10.1. The van der Waals surface area contributed by atoms with Crippen LogP contribution in [0.5, 0.6) is 0 Å². The van der Waals surface area contributed by atoms with Gasteiger partial charge >= 0.3 is 5.97 Å². The van der Waals surface area contributed by atoms with Crippen LogP contribution in [0.3, 0.4) is 0 Å². The minimum Gasteiger partial charge on any atom is -0.480 e. The molecule has 1 amide bonds. The highest BCUT2D eigenvalue weighted by molar-refractivity contribution is 5.97. The molecular weight excluding hydrogens is 256 g/mol. The lowest BCUT2D eigenvalue weighted by Gasteiger charge is -2.33. The van der Waals surface area contributed by atoms with Crippen molar-refractivity contribution in [1.29, 1.82) is 0 Å². The van der Waals surface area contributed by atoms with E-state index in [1.807, 2.05) is 0 Å². The molecule has 0 aromatic heterocycles. The average molecular weight is 269 g/mol. The number of amides is 1. The van der Waals surface area contributed by atoms with Gasteiger partial charge in [-0.2, -0.15) is 0 Å². The van der Waals surface area contributed by atoms with Crippen LogP contribution in [-0.4, -0.2) is 34.5 Å². The van der Waals surface area contributed by atoms with E-state index >= 15 is 0 Å². The fourth-order valence-corrected chi connectivity index (χ4v) is 2.26. The topological polar surface area (TPSA) is 57.6 Å². The van der Waals surface area contributed by atoms with Gasteiger partial charge in [0.15, 0.2) is 11.6 Å². The summed E-state index contributed by atoms with van der Waals surface area (Å²) in [6.45, 7) is 0.242. The SMILES string of the molecule is O=C(O)[C@@H]1CCCCN1C(=O)c1cccc(F)c1F. The van der Waals surface area contributed by atoms with Gasteiger partial charge in [-0.1, -0.05) is 6.07 Å². The molecule has 4 nitrogen and oxygen atoms in total. The summed E-state index contributed by atoms with van der Waals surface area (Å²) in [5.74, 6) is -4.24. The van der Waals surface area contributed by atoms with Gasteiger partial charge in [0.05, 0.1) is 5.56 Å². The Labute approximate surface area is 108 Å². The first-order valence-corrected chi connectivity index (χ1v) is 6.00.